The molecule has 0 aliphatic rings. The van der Waals surface area contributed by atoms with Crippen LogP contribution in [0.3, 0.4) is 0 Å². The van der Waals surface area contributed by atoms with E-state index in [1.165, 1.54) is 0 Å². The van der Waals surface area contributed by atoms with Crippen molar-refractivity contribution in [2.45, 2.75) is 20.0 Å². The van der Waals surface area contributed by atoms with E-state index < -0.39 is 22.0 Å². The van der Waals surface area contributed by atoms with Gasteiger partial charge >= 0.3 is 29.6 Å². The van der Waals surface area contributed by atoms with Crippen molar-refractivity contribution in [2.75, 3.05) is 23.7 Å². The van der Waals surface area contributed by atoms with Crippen LogP contribution in [-0.4, -0.2) is 72.6 Å². The van der Waals surface area contributed by atoms with Crippen LogP contribution in [0.4, 0.5) is 5.69 Å². The molecule has 0 radical (unpaired) electrons. The molecule has 1 rings (SSSR count). The maximum absolute atomic E-state index is 10.7. The van der Waals surface area contributed by atoms with Crippen molar-refractivity contribution in [3.8, 4) is 0 Å². The van der Waals surface area contributed by atoms with Crippen molar-refractivity contribution in [1.82, 2.24) is 0 Å². The van der Waals surface area contributed by atoms with E-state index in [0.717, 1.165) is 11.3 Å². The standard InChI is InChI=1S/C12H19NO4S.Na.H/c1-3-13(8-12(14)9-18(15,16)17)11-6-4-5-10(2)7-11;;/h4-7,12,14H,3,8-9H2,1-2H3,(H,15,16,17);;. The van der Waals surface area contributed by atoms with Crippen LogP contribution >= 0.6 is 0 Å². The average molecular weight is 297 g/mol. The molecule has 1 atom stereocenters. The molecule has 2 N–H and O–H groups in total. The predicted octanol–water partition coefficient (Wildman–Crippen LogP) is 0.422. The molecule has 0 heterocycles. The molecule has 0 bridgehead atoms. The van der Waals surface area contributed by atoms with Crippen molar-refractivity contribution < 1.29 is 18.1 Å². The second-order valence-electron chi connectivity index (χ2n) is 4.28. The third-order valence-electron chi connectivity index (χ3n) is 2.58. The van der Waals surface area contributed by atoms with E-state index in [2.05, 4.69) is 0 Å². The van der Waals surface area contributed by atoms with Gasteiger partial charge in [-0.25, -0.2) is 0 Å². The van der Waals surface area contributed by atoms with E-state index >= 15 is 0 Å². The molecule has 0 spiro atoms. The summed E-state index contributed by atoms with van der Waals surface area (Å²) < 4.78 is 30.0. The van der Waals surface area contributed by atoms with Crippen LogP contribution in [0.5, 0.6) is 0 Å². The number of likely N-dealkylation sites (N-methyl/N-ethyl adjacent to an activating group) is 1. The molecule has 0 amide bonds. The van der Waals surface area contributed by atoms with Gasteiger partial charge in [-0.1, -0.05) is 12.1 Å². The molecule has 7 heteroatoms. The zero-order valence-corrected chi connectivity index (χ0v) is 11.4. The molecule has 19 heavy (non-hydrogen) atoms. The van der Waals surface area contributed by atoms with Gasteiger partial charge in [0, 0.05) is 18.8 Å². The van der Waals surface area contributed by atoms with E-state index in [-0.39, 0.29) is 36.1 Å². The second-order valence-corrected chi connectivity index (χ2v) is 5.78. The minimum absolute atomic E-state index is 0. The van der Waals surface area contributed by atoms with Crippen LogP contribution in [0.25, 0.3) is 0 Å². The molecule has 104 valence electrons. The molecular weight excluding hydrogens is 277 g/mol. The Morgan fingerprint density at radius 2 is 2.00 bits per heavy atom. The summed E-state index contributed by atoms with van der Waals surface area (Å²) in [6.07, 6.45) is -1.11. The van der Waals surface area contributed by atoms with E-state index in [9.17, 15) is 13.5 Å². The Hall–Kier alpha value is -0.110. The number of rotatable bonds is 6. The Kier molecular flexibility index (Phi) is 8.19. The minimum atomic E-state index is -4.14. The monoisotopic (exact) mass is 297 g/mol. The SMILES string of the molecule is CCN(CC(O)CS(=O)(=O)O)c1cccc(C)c1.[NaH]. The van der Waals surface area contributed by atoms with Gasteiger partial charge in [-0.05, 0) is 31.5 Å². The Balaban J connectivity index is 0.00000324. The summed E-state index contributed by atoms with van der Waals surface area (Å²) >= 11 is 0. The number of hydrogen-bond donors (Lipinski definition) is 2. The zero-order valence-electron chi connectivity index (χ0n) is 10.6. The number of aliphatic hydroxyl groups is 1. The Morgan fingerprint density at radius 3 is 2.47 bits per heavy atom. The third kappa shape index (κ3) is 7.29. The molecule has 1 unspecified atom stereocenters. The first-order valence-electron chi connectivity index (χ1n) is 5.76. The topological polar surface area (TPSA) is 77.8 Å². The molecule has 1 aromatic rings. The van der Waals surface area contributed by atoms with Gasteiger partial charge < -0.3 is 10.0 Å². The number of aliphatic hydroxyl groups excluding tert-OH is 1. The molecule has 0 aliphatic heterocycles. The molecular formula is C12H20NNaO4S. The van der Waals surface area contributed by atoms with Crippen molar-refractivity contribution >= 4 is 45.4 Å². The van der Waals surface area contributed by atoms with Gasteiger partial charge in [0.25, 0.3) is 10.1 Å². The van der Waals surface area contributed by atoms with Crippen LogP contribution < -0.4 is 4.90 Å². The van der Waals surface area contributed by atoms with Crippen LogP contribution in [0.2, 0.25) is 0 Å². The Labute approximate surface area is 136 Å². The van der Waals surface area contributed by atoms with Crippen molar-refractivity contribution in [1.29, 1.82) is 0 Å². The summed E-state index contributed by atoms with van der Waals surface area (Å²) in [5.41, 5.74) is 2.02. The maximum atomic E-state index is 10.7. The number of aryl methyl sites for hydroxylation is 1. The summed E-state index contributed by atoms with van der Waals surface area (Å²) in [6.45, 7) is 4.69. The molecule has 1 aromatic carbocycles. The van der Waals surface area contributed by atoms with E-state index in [1.807, 2.05) is 43.0 Å². The van der Waals surface area contributed by atoms with Crippen molar-refractivity contribution in [2.24, 2.45) is 0 Å². The summed E-state index contributed by atoms with van der Waals surface area (Å²) in [5, 5.41) is 9.64. The predicted molar refractivity (Wildman–Crippen MR) is 78.6 cm³/mol. The molecule has 5 nitrogen and oxygen atoms in total. The van der Waals surface area contributed by atoms with Gasteiger partial charge in [-0.3, -0.25) is 4.55 Å². The van der Waals surface area contributed by atoms with Crippen LogP contribution in [0.1, 0.15) is 12.5 Å². The summed E-state index contributed by atoms with van der Waals surface area (Å²) in [7, 11) is -4.14. The van der Waals surface area contributed by atoms with E-state index in [0.29, 0.717) is 6.54 Å². The number of nitrogens with zero attached hydrogens (tertiary/aromatic N) is 1. The number of benzene rings is 1. The van der Waals surface area contributed by atoms with Gasteiger partial charge in [-0.2, -0.15) is 8.42 Å². The molecule has 0 aliphatic carbocycles. The number of anilines is 1. The first kappa shape index (κ1) is 18.9. The van der Waals surface area contributed by atoms with Gasteiger partial charge in [-0.15, -0.1) is 0 Å². The zero-order chi connectivity index (χ0) is 13.8. The molecule has 0 saturated carbocycles. The Bertz CT molecular complexity index is 492. The summed E-state index contributed by atoms with van der Waals surface area (Å²) in [4.78, 5) is 1.86. The van der Waals surface area contributed by atoms with Gasteiger partial charge in [0.2, 0.25) is 0 Å². The van der Waals surface area contributed by atoms with E-state index in [4.69, 9.17) is 4.55 Å². The van der Waals surface area contributed by atoms with Crippen LogP contribution in [-0.2, 0) is 10.1 Å². The molecule has 0 fully saturated rings. The molecule has 0 aromatic heterocycles. The fourth-order valence-electron chi connectivity index (χ4n) is 1.79. The van der Waals surface area contributed by atoms with Crippen molar-refractivity contribution in [3.05, 3.63) is 29.8 Å². The van der Waals surface area contributed by atoms with Crippen LogP contribution in [0, 0.1) is 6.92 Å². The first-order valence-corrected chi connectivity index (χ1v) is 7.37. The Morgan fingerprint density at radius 1 is 1.37 bits per heavy atom. The third-order valence-corrected chi connectivity index (χ3v) is 3.39. The second kappa shape index (κ2) is 8.24. The quantitative estimate of drug-likeness (QED) is 0.588. The average Bonchev–Trinajstić information content (AvgIpc) is 2.23. The van der Waals surface area contributed by atoms with Gasteiger partial charge in [0.1, 0.15) is 5.75 Å². The number of hydrogen-bond acceptors (Lipinski definition) is 4. The van der Waals surface area contributed by atoms with E-state index in [1.54, 1.807) is 0 Å². The fraction of sp³-hybridized carbons (Fsp3) is 0.500. The van der Waals surface area contributed by atoms with Gasteiger partial charge in [0.05, 0.1) is 6.10 Å². The summed E-state index contributed by atoms with van der Waals surface area (Å²) in [5.74, 6) is -0.644. The molecule has 0 saturated heterocycles. The van der Waals surface area contributed by atoms with Crippen molar-refractivity contribution in [3.63, 3.8) is 0 Å². The normalized spacial score (nSPS) is 12.6. The fourth-order valence-corrected chi connectivity index (χ4v) is 2.38. The first-order chi connectivity index (χ1) is 8.31. The van der Waals surface area contributed by atoms with Crippen LogP contribution in [0.15, 0.2) is 24.3 Å². The summed E-state index contributed by atoms with van der Waals surface area (Å²) in [6, 6.07) is 7.73. The van der Waals surface area contributed by atoms with Gasteiger partial charge in [0.15, 0.2) is 0 Å².